The summed E-state index contributed by atoms with van der Waals surface area (Å²) in [5, 5.41) is 15.0. The molecule has 152 valence electrons. The summed E-state index contributed by atoms with van der Waals surface area (Å²) in [4.78, 5) is 2.00. The van der Waals surface area contributed by atoms with Gasteiger partial charge in [-0.15, -0.1) is 0 Å². The molecular formula is C20H24Cl2N2O3S. The number of hydrogen-bond donors (Lipinski definition) is 2. The van der Waals surface area contributed by atoms with Gasteiger partial charge in [-0.25, -0.2) is 8.42 Å². The zero-order valence-electron chi connectivity index (χ0n) is 15.4. The van der Waals surface area contributed by atoms with E-state index in [1.165, 1.54) is 0 Å². The average Bonchev–Trinajstić information content (AvgIpc) is 2.92. The first-order valence-corrected chi connectivity index (χ1v) is 11.7. The second-order valence-corrected chi connectivity index (χ2v) is 10.1. The van der Waals surface area contributed by atoms with Gasteiger partial charge < -0.3 is 10.4 Å². The highest BCUT2D eigenvalue weighted by molar-refractivity contribution is 7.91. The Morgan fingerprint density at radius 1 is 1.11 bits per heavy atom. The lowest BCUT2D eigenvalue weighted by Crippen LogP contribution is -2.45. The van der Waals surface area contributed by atoms with Gasteiger partial charge in [0.1, 0.15) is 0 Å². The van der Waals surface area contributed by atoms with Crippen LogP contribution in [0.4, 0.5) is 0 Å². The smallest absolute Gasteiger partial charge is 0.154 e. The first kappa shape index (κ1) is 21.6. The Labute approximate surface area is 176 Å². The average molecular weight is 443 g/mol. The summed E-state index contributed by atoms with van der Waals surface area (Å²) in [7, 11) is -3.23. The molecule has 0 amide bonds. The minimum atomic E-state index is -3.23. The van der Waals surface area contributed by atoms with Crippen LogP contribution in [0.15, 0.2) is 48.5 Å². The van der Waals surface area contributed by atoms with E-state index in [4.69, 9.17) is 23.2 Å². The lowest BCUT2D eigenvalue weighted by molar-refractivity contribution is 0.0786. The van der Waals surface area contributed by atoms with Gasteiger partial charge in [0.2, 0.25) is 0 Å². The van der Waals surface area contributed by atoms with E-state index in [0.717, 1.165) is 11.1 Å². The van der Waals surface area contributed by atoms with Crippen molar-refractivity contribution in [2.24, 2.45) is 0 Å². The molecule has 1 aliphatic rings. The molecule has 2 atom stereocenters. The third-order valence-electron chi connectivity index (χ3n) is 4.89. The molecule has 0 aromatic heterocycles. The van der Waals surface area contributed by atoms with Crippen molar-refractivity contribution in [1.29, 1.82) is 0 Å². The topological polar surface area (TPSA) is 69.6 Å². The molecule has 28 heavy (non-hydrogen) atoms. The van der Waals surface area contributed by atoms with Crippen LogP contribution in [0.3, 0.4) is 0 Å². The largest absolute Gasteiger partial charge is 0.390 e. The van der Waals surface area contributed by atoms with E-state index in [-0.39, 0.29) is 11.5 Å². The molecule has 8 heteroatoms. The van der Waals surface area contributed by atoms with Gasteiger partial charge >= 0.3 is 0 Å². The summed E-state index contributed by atoms with van der Waals surface area (Å²) < 4.78 is 24.0. The van der Waals surface area contributed by atoms with E-state index in [9.17, 15) is 13.5 Å². The molecule has 2 aromatic rings. The number of nitrogens with zero attached hydrogens (tertiary/aromatic N) is 1. The van der Waals surface area contributed by atoms with Crippen molar-refractivity contribution in [1.82, 2.24) is 10.2 Å². The van der Waals surface area contributed by atoms with Crippen LogP contribution < -0.4 is 5.32 Å². The highest BCUT2D eigenvalue weighted by Crippen LogP contribution is 2.23. The van der Waals surface area contributed by atoms with Gasteiger partial charge in [-0.3, -0.25) is 4.90 Å². The molecule has 0 aliphatic carbocycles. The van der Waals surface area contributed by atoms with Crippen LogP contribution in [-0.4, -0.2) is 55.2 Å². The van der Waals surface area contributed by atoms with Gasteiger partial charge in [0.15, 0.2) is 9.84 Å². The minimum absolute atomic E-state index is 0.0348. The second kappa shape index (κ2) is 9.57. The monoisotopic (exact) mass is 442 g/mol. The number of nitrogens with one attached hydrogen (secondary N) is 1. The Hall–Kier alpha value is -1.15. The van der Waals surface area contributed by atoms with Crippen molar-refractivity contribution in [3.05, 3.63) is 69.7 Å². The SMILES string of the molecule is O=S1(=O)C[C@@H](O)[C@H](N(CCNCc2cccc(Cl)c2)Cc2ccccc2Cl)C1. The quantitative estimate of drug-likeness (QED) is 0.615. The van der Waals surface area contributed by atoms with E-state index >= 15 is 0 Å². The van der Waals surface area contributed by atoms with Crippen LogP contribution in [0.1, 0.15) is 11.1 Å². The first-order chi connectivity index (χ1) is 13.3. The van der Waals surface area contributed by atoms with Gasteiger partial charge in [0, 0.05) is 36.2 Å². The number of aliphatic hydroxyl groups excluding tert-OH is 1. The van der Waals surface area contributed by atoms with Crippen molar-refractivity contribution < 1.29 is 13.5 Å². The second-order valence-electron chi connectivity index (χ2n) is 7.08. The third kappa shape index (κ3) is 5.92. The van der Waals surface area contributed by atoms with Gasteiger partial charge in [-0.05, 0) is 29.3 Å². The zero-order valence-corrected chi connectivity index (χ0v) is 17.7. The van der Waals surface area contributed by atoms with Crippen LogP contribution in [-0.2, 0) is 22.9 Å². The molecule has 1 aliphatic heterocycles. The lowest BCUT2D eigenvalue weighted by Gasteiger charge is -2.30. The fraction of sp³-hybridized carbons (Fsp3) is 0.400. The van der Waals surface area contributed by atoms with Gasteiger partial charge in [0.05, 0.1) is 23.7 Å². The fourth-order valence-electron chi connectivity index (χ4n) is 3.47. The maximum Gasteiger partial charge on any atom is 0.154 e. The molecule has 3 rings (SSSR count). The van der Waals surface area contributed by atoms with Crippen LogP contribution in [0.5, 0.6) is 0 Å². The summed E-state index contributed by atoms with van der Waals surface area (Å²) in [5.41, 5.74) is 1.99. The number of benzene rings is 2. The predicted molar refractivity (Wildman–Crippen MR) is 113 cm³/mol. The number of aliphatic hydroxyl groups is 1. The summed E-state index contributed by atoms with van der Waals surface area (Å²) >= 11 is 12.3. The van der Waals surface area contributed by atoms with Crippen molar-refractivity contribution in [2.75, 3.05) is 24.6 Å². The normalized spacial score (nSPS) is 21.3. The summed E-state index contributed by atoms with van der Waals surface area (Å²) in [6.07, 6.45) is -0.889. The van der Waals surface area contributed by atoms with Crippen LogP contribution in [0.2, 0.25) is 10.0 Å². The summed E-state index contributed by atoms with van der Waals surface area (Å²) in [5.74, 6) is -0.223. The molecule has 0 saturated carbocycles. The Bertz CT molecular complexity index is 908. The van der Waals surface area contributed by atoms with E-state index in [1.807, 2.05) is 53.4 Å². The Morgan fingerprint density at radius 3 is 2.57 bits per heavy atom. The van der Waals surface area contributed by atoms with Crippen LogP contribution >= 0.6 is 23.2 Å². The molecule has 1 heterocycles. The molecule has 5 nitrogen and oxygen atoms in total. The summed E-state index contributed by atoms with van der Waals surface area (Å²) in [6, 6.07) is 14.7. The Kier molecular flexibility index (Phi) is 7.36. The molecular weight excluding hydrogens is 419 g/mol. The molecule has 2 N–H and O–H groups in total. The molecule has 0 spiro atoms. The number of hydrogen-bond acceptors (Lipinski definition) is 5. The molecule has 0 unspecified atom stereocenters. The maximum atomic E-state index is 12.0. The lowest BCUT2D eigenvalue weighted by atomic mass is 10.1. The molecule has 2 aromatic carbocycles. The molecule has 1 saturated heterocycles. The van der Waals surface area contributed by atoms with E-state index in [1.54, 1.807) is 0 Å². The predicted octanol–water partition coefficient (Wildman–Crippen LogP) is 2.74. The molecule has 1 fully saturated rings. The van der Waals surface area contributed by atoms with Crippen molar-refractivity contribution in [3.8, 4) is 0 Å². The van der Waals surface area contributed by atoms with Crippen LogP contribution in [0.25, 0.3) is 0 Å². The van der Waals surface area contributed by atoms with Crippen molar-refractivity contribution in [2.45, 2.75) is 25.2 Å². The van der Waals surface area contributed by atoms with E-state index < -0.39 is 22.0 Å². The highest BCUT2D eigenvalue weighted by Gasteiger charge is 2.39. The fourth-order valence-corrected chi connectivity index (χ4v) is 5.71. The van der Waals surface area contributed by atoms with E-state index in [0.29, 0.717) is 36.2 Å². The van der Waals surface area contributed by atoms with E-state index in [2.05, 4.69) is 5.32 Å². The third-order valence-corrected chi connectivity index (χ3v) is 7.19. The first-order valence-electron chi connectivity index (χ1n) is 9.15. The van der Waals surface area contributed by atoms with Crippen molar-refractivity contribution in [3.63, 3.8) is 0 Å². The minimum Gasteiger partial charge on any atom is -0.390 e. The molecule has 0 bridgehead atoms. The Balaban J connectivity index is 1.65. The number of halogens is 2. The van der Waals surface area contributed by atoms with Gasteiger partial charge in [-0.2, -0.15) is 0 Å². The standard InChI is InChI=1S/C20H24Cl2N2O3S/c21-17-6-3-4-15(10-17)11-23-8-9-24(12-16-5-1-2-7-18(16)22)19-13-28(26,27)14-20(19)25/h1-7,10,19-20,23,25H,8-9,11-14H2/t19-,20-/m1/s1. The van der Waals surface area contributed by atoms with Gasteiger partial charge in [-0.1, -0.05) is 53.5 Å². The molecule has 0 radical (unpaired) electrons. The van der Waals surface area contributed by atoms with Crippen LogP contribution in [0, 0.1) is 0 Å². The summed E-state index contributed by atoms with van der Waals surface area (Å²) in [6.45, 7) is 2.37. The highest BCUT2D eigenvalue weighted by atomic mass is 35.5. The van der Waals surface area contributed by atoms with Gasteiger partial charge in [0.25, 0.3) is 0 Å². The zero-order chi connectivity index (χ0) is 20.1. The Morgan fingerprint density at radius 2 is 1.89 bits per heavy atom. The van der Waals surface area contributed by atoms with Crippen molar-refractivity contribution >= 4 is 33.0 Å². The number of rotatable bonds is 8. The maximum absolute atomic E-state index is 12.0. The number of sulfone groups is 1.